The molecule has 164 valence electrons. The Morgan fingerprint density at radius 1 is 1.13 bits per heavy atom. The van der Waals surface area contributed by atoms with Crippen LogP contribution in [0.1, 0.15) is 40.1 Å². The zero-order valence-corrected chi connectivity index (χ0v) is 17.5. The van der Waals surface area contributed by atoms with Crippen molar-refractivity contribution in [3.8, 4) is 11.5 Å². The third kappa shape index (κ3) is 7.86. The number of ether oxygens (including phenoxy) is 2. The molecule has 1 heterocycles. The number of carbonyl (C=O) groups excluding carboxylic acids is 2. The van der Waals surface area contributed by atoms with E-state index in [1.54, 1.807) is 0 Å². The number of rotatable bonds is 8. The zero-order chi connectivity index (χ0) is 21.6. The first-order valence-corrected chi connectivity index (χ1v) is 9.01. The molecule has 0 aliphatic carbocycles. The molecule has 0 aliphatic rings. The molecule has 5 N–H and O–H groups in total. The predicted octanol–water partition coefficient (Wildman–Crippen LogP) is -1.01. The SMILES string of the molecule is CC[NH2+]CC.COc1ccc(C=NNC(=O)c2ccncc2)c(C(=O)[O-])c1OC.O. The second-order valence-corrected chi connectivity index (χ2v) is 5.59. The largest absolute Gasteiger partial charge is 0.545 e. The second-order valence-electron chi connectivity index (χ2n) is 5.59. The number of pyridine rings is 1. The quantitative estimate of drug-likeness (QED) is 0.411. The minimum atomic E-state index is -1.45. The van der Waals surface area contributed by atoms with Crippen molar-refractivity contribution >= 4 is 18.1 Å². The van der Waals surface area contributed by atoms with Crippen LogP contribution in [-0.2, 0) is 0 Å². The van der Waals surface area contributed by atoms with Gasteiger partial charge in [-0.05, 0) is 38.1 Å². The molecular formula is C20H28N4O6. The van der Waals surface area contributed by atoms with E-state index in [2.05, 4.69) is 34.7 Å². The van der Waals surface area contributed by atoms with Crippen molar-refractivity contribution in [1.82, 2.24) is 10.4 Å². The minimum absolute atomic E-state index is 0. The number of methoxy groups -OCH3 is 2. The first kappa shape index (κ1) is 26.5. The average Bonchev–Trinajstić information content (AvgIpc) is 2.74. The molecule has 2 rings (SSSR count). The number of amides is 1. The second kappa shape index (κ2) is 14.5. The molecule has 0 saturated carbocycles. The number of nitrogens with two attached hydrogens (primary N) is 1. The van der Waals surface area contributed by atoms with E-state index in [4.69, 9.17) is 9.47 Å². The molecule has 0 fully saturated rings. The van der Waals surface area contributed by atoms with Crippen molar-refractivity contribution in [2.75, 3.05) is 27.3 Å². The summed E-state index contributed by atoms with van der Waals surface area (Å²) in [6.07, 6.45) is 4.13. The van der Waals surface area contributed by atoms with Gasteiger partial charge in [0.25, 0.3) is 5.91 Å². The molecule has 1 aromatic heterocycles. The van der Waals surface area contributed by atoms with Crippen LogP contribution in [0.25, 0.3) is 0 Å². The van der Waals surface area contributed by atoms with Gasteiger partial charge in [-0.2, -0.15) is 5.10 Å². The highest BCUT2D eigenvalue weighted by Crippen LogP contribution is 2.32. The highest BCUT2D eigenvalue weighted by atomic mass is 16.5. The summed E-state index contributed by atoms with van der Waals surface area (Å²) in [5, 5.41) is 17.4. The summed E-state index contributed by atoms with van der Waals surface area (Å²) in [5.74, 6) is -1.65. The van der Waals surface area contributed by atoms with E-state index in [1.165, 1.54) is 70.2 Å². The Hall–Kier alpha value is -3.50. The Bertz CT molecular complexity index is 826. The number of quaternary nitrogens is 1. The van der Waals surface area contributed by atoms with E-state index in [-0.39, 0.29) is 28.1 Å². The maximum Gasteiger partial charge on any atom is 0.271 e. The van der Waals surface area contributed by atoms with Gasteiger partial charge in [-0.1, -0.05) is 0 Å². The van der Waals surface area contributed by atoms with Crippen LogP contribution < -0.4 is 25.3 Å². The van der Waals surface area contributed by atoms with Crippen molar-refractivity contribution in [3.05, 3.63) is 53.3 Å². The van der Waals surface area contributed by atoms with E-state index in [9.17, 15) is 14.7 Å². The fraction of sp³-hybridized carbons (Fsp3) is 0.300. The standard InChI is InChI=1S/C16H15N3O5.C4H11N.H2O/c1-23-12-4-3-11(13(16(21)22)14(12)24-2)9-18-19-15(20)10-5-7-17-8-6-10;1-3-5-4-2;/h3-9H,1-2H3,(H,19,20)(H,21,22);5H,3-4H2,1-2H3;1H2. The molecule has 0 aliphatic heterocycles. The number of aromatic carboxylic acids is 1. The lowest BCUT2D eigenvalue weighted by atomic mass is 10.1. The third-order valence-corrected chi connectivity index (χ3v) is 3.67. The molecule has 0 atom stereocenters. The van der Waals surface area contributed by atoms with Gasteiger partial charge < -0.3 is 30.2 Å². The molecule has 10 nitrogen and oxygen atoms in total. The maximum absolute atomic E-state index is 11.9. The first-order chi connectivity index (χ1) is 14.0. The zero-order valence-electron chi connectivity index (χ0n) is 17.5. The van der Waals surface area contributed by atoms with Gasteiger partial charge in [-0.3, -0.25) is 9.78 Å². The van der Waals surface area contributed by atoms with E-state index >= 15 is 0 Å². The Kier molecular flexibility index (Phi) is 12.8. The van der Waals surface area contributed by atoms with Crippen molar-refractivity contribution in [2.24, 2.45) is 5.10 Å². The smallest absolute Gasteiger partial charge is 0.271 e. The van der Waals surface area contributed by atoms with E-state index < -0.39 is 11.9 Å². The topological polar surface area (TPSA) is 161 Å². The monoisotopic (exact) mass is 420 g/mol. The fourth-order valence-corrected chi connectivity index (χ4v) is 2.28. The van der Waals surface area contributed by atoms with Crippen molar-refractivity contribution in [3.63, 3.8) is 0 Å². The third-order valence-electron chi connectivity index (χ3n) is 3.67. The summed E-state index contributed by atoms with van der Waals surface area (Å²) in [5.41, 5.74) is 2.64. The number of aromatic nitrogens is 1. The molecule has 2 aromatic rings. The molecule has 0 saturated heterocycles. The summed E-state index contributed by atoms with van der Waals surface area (Å²) in [6.45, 7) is 6.75. The molecule has 0 bridgehead atoms. The fourth-order valence-electron chi connectivity index (χ4n) is 2.28. The first-order valence-electron chi connectivity index (χ1n) is 9.01. The molecule has 0 spiro atoms. The molecule has 0 radical (unpaired) electrons. The van der Waals surface area contributed by atoms with Crippen LogP contribution in [-0.4, -0.2) is 55.9 Å². The minimum Gasteiger partial charge on any atom is -0.545 e. The number of hydrazone groups is 1. The Labute approximate surface area is 175 Å². The molecule has 0 unspecified atom stereocenters. The van der Waals surface area contributed by atoms with E-state index in [1.807, 2.05) is 0 Å². The molecule has 10 heteroatoms. The lowest BCUT2D eigenvalue weighted by Gasteiger charge is -2.15. The highest BCUT2D eigenvalue weighted by molar-refractivity contribution is 6.01. The van der Waals surface area contributed by atoms with Crippen LogP contribution >= 0.6 is 0 Å². The predicted molar refractivity (Wildman–Crippen MR) is 110 cm³/mol. The lowest BCUT2D eigenvalue weighted by Crippen LogP contribution is -2.82. The summed E-state index contributed by atoms with van der Waals surface area (Å²) in [6, 6.07) is 6.04. The Balaban J connectivity index is 0.00000125. The number of benzene rings is 1. The summed E-state index contributed by atoms with van der Waals surface area (Å²) in [7, 11) is 2.70. The highest BCUT2D eigenvalue weighted by Gasteiger charge is 2.15. The number of hydrogen-bond donors (Lipinski definition) is 2. The Morgan fingerprint density at radius 3 is 2.23 bits per heavy atom. The van der Waals surface area contributed by atoms with Crippen LogP contribution in [0.3, 0.4) is 0 Å². The summed E-state index contributed by atoms with van der Waals surface area (Å²) < 4.78 is 10.1. The molecule has 1 aromatic carbocycles. The number of nitrogens with zero attached hydrogens (tertiary/aromatic N) is 2. The van der Waals surface area contributed by atoms with E-state index in [0.717, 1.165) is 0 Å². The van der Waals surface area contributed by atoms with Gasteiger partial charge >= 0.3 is 0 Å². The number of nitrogens with one attached hydrogen (secondary N) is 1. The van der Waals surface area contributed by atoms with Crippen molar-refractivity contribution in [1.29, 1.82) is 0 Å². The van der Waals surface area contributed by atoms with Gasteiger partial charge in [0.05, 0.1) is 45.1 Å². The van der Waals surface area contributed by atoms with Gasteiger partial charge in [-0.25, -0.2) is 5.43 Å². The van der Waals surface area contributed by atoms with Crippen LogP contribution in [0.4, 0.5) is 0 Å². The molecule has 30 heavy (non-hydrogen) atoms. The number of carbonyl (C=O) groups is 2. The van der Waals surface area contributed by atoms with E-state index in [0.29, 0.717) is 5.56 Å². The van der Waals surface area contributed by atoms with Crippen LogP contribution in [0.5, 0.6) is 11.5 Å². The summed E-state index contributed by atoms with van der Waals surface area (Å²) >= 11 is 0. The number of carboxylic acid groups (broad SMARTS) is 1. The molecular weight excluding hydrogens is 392 g/mol. The normalized spacial score (nSPS) is 9.73. The van der Waals surface area contributed by atoms with Crippen LogP contribution in [0.15, 0.2) is 41.8 Å². The molecule has 1 amide bonds. The van der Waals surface area contributed by atoms with Gasteiger partial charge in [0, 0.05) is 23.5 Å². The van der Waals surface area contributed by atoms with Crippen LogP contribution in [0.2, 0.25) is 0 Å². The Morgan fingerprint density at radius 2 is 1.77 bits per heavy atom. The average molecular weight is 420 g/mol. The van der Waals surface area contributed by atoms with Gasteiger partial charge in [0.15, 0.2) is 11.5 Å². The number of hydrogen-bond acceptors (Lipinski definition) is 7. The van der Waals surface area contributed by atoms with Crippen molar-refractivity contribution < 1.29 is 35.0 Å². The van der Waals surface area contributed by atoms with Gasteiger partial charge in [-0.15, -0.1) is 0 Å². The summed E-state index contributed by atoms with van der Waals surface area (Å²) in [4.78, 5) is 27.0. The maximum atomic E-state index is 11.9. The van der Waals surface area contributed by atoms with Gasteiger partial charge in [0.1, 0.15) is 0 Å². The lowest BCUT2D eigenvalue weighted by molar-refractivity contribution is -0.648. The number of carboxylic acids is 1. The van der Waals surface area contributed by atoms with Gasteiger partial charge in [0.2, 0.25) is 0 Å². The van der Waals surface area contributed by atoms with Crippen LogP contribution in [0, 0.1) is 0 Å². The van der Waals surface area contributed by atoms with Crippen molar-refractivity contribution in [2.45, 2.75) is 13.8 Å².